The highest BCUT2D eigenvalue weighted by molar-refractivity contribution is 5.87. The minimum absolute atomic E-state index is 0.146. The molecule has 0 aliphatic carbocycles. The Hall–Kier alpha value is -2.67. The number of aldehydes is 1. The summed E-state index contributed by atoms with van der Waals surface area (Å²) in [6.45, 7) is 2.40. The van der Waals surface area contributed by atoms with Crippen LogP contribution in [0.1, 0.15) is 58.9 Å². The molecule has 0 fully saturated rings. The van der Waals surface area contributed by atoms with Gasteiger partial charge < -0.3 is 26.5 Å². The van der Waals surface area contributed by atoms with E-state index in [-0.39, 0.29) is 11.8 Å². The number of hydrogen-bond acceptors (Lipinski definition) is 5. The summed E-state index contributed by atoms with van der Waals surface area (Å²) in [5, 5.41) is 18.0. The maximum atomic E-state index is 11.7. The number of phenolic OH excluding ortho intramolecular Hbond substituents is 1. The largest absolute Gasteiger partial charge is 0.508 e. The second-order valence-corrected chi connectivity index (χ2v) is 7.60. The van der Waals surface area contributed by atoms with Gasteiger partial charge in [0.2, 0.25) is 0 Å². The molecule has 0 saturated carbocycles. The number of aromatic hydroxyl groups is 1. The summed E-state index contributed by atoms with van der Waals surface area (Å²) >= 11 is 0. The lowest BCUT2D eigenvalue weighted by Crippen LogP contribution is -2.22. The zero-order chi connectivity index (χ0) is 21.3. The Kier molecular flexibility index (Phi) is 8.02. The first kappa shape index (κ1) is 22.0. The van der Waals surface area contributed by atoms with Gasteiger partial charge in [-0.15, -0.1) is 0 Å². The van der Waals surface area contributed by atoms with Crippen LogP contribution in [0.15, 0.2) is 42.5 Å². The lowest BCUT2D eigenvalue weighted by atomic mass is 9.92. The second-order valence-electron chi connectivity index (χ2n) is 7.60. The van der Waals surface area contributed by atoms with Crippen LogP contribution in [-0.4, -0.2) is 36.5 Å². The van der Waals surface area contributed by atoms with Crippen molar-refractivity contribution >= 4 is 17.2 Å². The number of para-hydroxylation sites is 1. The Labute approximate surface area is 177 Å². The molecular weight excluding hydrogens is 376 g/mol. The molecule has 0 aliphatic rings. The molecule has 3 rings (SSSR count). The molecular formula is C24H32N4O2. The van der Waals surface area contributed by atoms with Crippen molar-refractivity contribution in [3.63, 3.8) is 0 Å². The number of aromatic amines is 1. The van der Waals surface area contributed by atoms with Crippen LogP contribution < -0.4 is 16.4 Å². The highest BCUT2D eigenvalue weighted by Gasteiger charge is 2.23. The monoisotopic (exact) mass is 408 g/mol. The van der Waals surface area contributed by atoms with Crippen LogP contribution in [0, 0.1) is 0 Å². The Morgan fingerprint density at radius 3 is 2.70 bits per heavy atom. The fraction of sp³-hybridized carbons (Fsp3) is 0.375. The van der Waals surface area contributed by atoms with E-state index < -0.39 is 0 Å². The van der Waals surface area contributed by atoms with Gasteiger partial charge in [0, 0.05) is 34.3 Å². The van der Waals surface area contributed by atoms with Gasteiger partial charge in [-0.05, 0) is 62.8 Å². The summed E-state index contributed by atoms with van der Waals surface area (Å²) in [6, 6.07) is 12.8. The van der Waals surface area contributed by atoms with Gasteiger partial charge in [-0.3, -0.25) is 4.79 Å². The van der Waals surface area contributed by atoms with E-state index in [2.05, 4.69) is 27.8 Å². The molecule has 6 nitrogen and oxygen atoms in total. The van der Waals surface area contributed by atoms with E-state index in [0.717, 1.165) is 59.9 Å². The number of nitrogens with one attached hydrogen (secondary N) is 3. The number of hydrogen-bond donors (Lipinski definition) is 5. The topological polar surface area (TPSA) is 103 Å². The standard InChI is InChI=1S/C24H32N4O2/c1-26-24(20-14-18(30)11-10-17(20)16-29)23-19-8-4-5-9-21(19)28-22(23)15-27-13-7-3-2-6-12-25/h4-5,8-11,14,16,24,26-28,30H,2-3,6-7,12-13,15,25H2,1H3. The minimum Gasteiger partial charge on any atom is -0.508 e. The van der Waals surface area contributed by atoms with Crippen LogP contribution in [0.4, 0.5) is 0 Å². The van der Waals surface area contributed by atoms with Gasteiger partial charge in [-0.25, -0.2) is 0 Å². The van der Waals surface area contributed by atoms with E-state index in [9.17, 15) is 9.90 Å². The molecule has 0 saturated heterocycles. The van der Waals surface area contributed by atoms with Crippen molar-refractivity contribution in [1.82, 2.24) is 15.6 Å². The normalized spacial score (nSPS) is 12.3. The average Bonchev–Trinajstić information content (AvgIpc) is 3.12. The van der Waals surface area contributed by atoms with Crippen LogP contribution in [0.5, 0.6) is 5.75 Å². The SMILES string of the molecule is CNC(c1cc(O)ccc1C=O)c1c(CNCCCCCCN)[nH]c2ccccc12. The molecule has 1 aromatic heterocycles. The van der Waals surface area contributed by atoms with E-state index >= 15 is 0 Å². The first-order valence-electron chi connectivity index (χ1n) is 10.6. The second kappa shape index (κ2) is 10.9. The molecule has 1 atom stereocenters. The fourth-order valence-corrected chi connectivity index (χ4v) is 4.02. The number of carbonyl (C=O) groups excluding carboxylic acids is 1. The average molecular weight is 409 g/mol. The van der Waals surface area contributed by atoms with E-state index in [1.165, 1.54) is 12.8 Å². The number of phenols is 1. The van der Waals surface area contributed by atoms with Gasteiger partial charge in [0.25, 0.3) is 0 Å². The predicted molar refractivity (Wildman–Crippen MR) is 122 cm³/mol. The molecule has 30 heavy (non-hydrogen) atoms. The summed E-state index contributed by atoms with van der Waals surface area (Å²) in [6.07, 6.45) is 5.39. The van der Waals surface area contributed by atoms with Gasteiger partial charge in [-0.2, -0.15) is 0 Å². The maximum absolute atomic E-state index is 11.7. The zero-order valence-electron chi connectivity index (χ0n) is 17.6. The van der Waals surface area contributed by atoms with Crippen LogP contribution in [0.2, 0.25) is 0 Å². The molecule has 0 spiro atoms. The molecule has 1 unspecified atom stereocenters. The molecule has 3 aromatic rings. The Bertz CT molecular complexity index is 967. The summed E-state index contributed by atoms with van der Waals surface area (Å²) in [4.78, 5) is 15.2. The lowest BCUT2D eigenvalue weighted by molar-refractivity contribution is 0.112. The van der Waals surface area contributed by atoms with E-state index in [1.807, 2.05) is 19.2 Å². The van der Waals surface area contributed by atoms with E-state index in [0.29, 0.717) is 12.1 Å². The molecule has 2 aromatic carbocycles. The van der Waals surface area contributed by atoms with Crippen molar-refractivity contribution in [2.75, 3.05) is 20.1 Å². The number of carbonyl (C=O) groups is 1. The first-order chi connectivity index (χ1) is 14.7. The van der Waals surface area contributed by atoms with Gasteiger partial charge in [0.15, 0.2) is 0 Å². The first-order valence-corrected chi connectivity index (χ1v) is 10.6. The third-order valence-corrected chi connectivity index (χ3v) is 5.52. The lowest BCUT2D eigenvalue weighted by Gasteiger charge is -2.21. The number of benzene rings is 2. The van der Waals surface area contributed by atoms with Crippen molar-refractivity contribution < 1.29 is 9.90 Å². The number of rotatable bonds is 12. The minimum atomic E-state index is -0.227. The summed E-state index contributed by atoms with van der Waals surface area (Å²) < 4.78 is 0. The van der Waals surface area contributed by atoms with Gasteiger partial charge in [0.05, 0.1) is 6.04 Å². The number of unbranched alkanes of at least 4 members (excludes halogenated alkanes) is 3. The molecule has 0 amide bonds. The quantitative estimate of drug-likeness (QED) is 0.233. The van der Waals surface area contributed by atoms with E-state index in [1.54, 1.807) is 18.2 Å². The van der Waals surface area contributed by atoms with Crippen molar-refractivity contribution in [3.05, 3.63) is 64.8 Å². The number of aromatic nitrogens is 1. The Morgan fingerprint density at radius 2 is 1.93 bits per heavy atom. The van der Waals surface area contributed by atoms with Crippen LogP contribution in [0.3, 0.4) is 0 Å². The maximum Gasteiger partial charge on any atom is 0.150 e. The molecule has 0 bridgehead atoms. The molecule has 160 valence electrons. The Balaban J connectivity index is 1.89. The van der Waals surface area contributed by atoms with Gasteiger partial charge >= 0.3 is 0 Å². The van der Waals surface area contributed by atoms with Crippen LogP contribution in [-0.2, 0) is 6.54 Å². The molecule has 6 N–H and O–H groups in total. The molecule has 6 heteroatoms. The van der Waals surface area contributed by atoms with E-state index in [4.69, 9.17) is 5.73 Å². The Morgan fingerprint density at radius 1 is 1.13 bits per heavy atom. The van der Waals surface area contributed by atoms with Crippen LogP contribution >= 0.6 is 0 Å². The smallest absolute Gasteiger partial charge is 0.150 e. The van der Waals surface area contributed by atoms with Crippen molar-refractivity contribution in [2.45, 2.75) is 38.3 Å². The molecule has 1 heterocycles. The van der Waals surface area contributed by atoms with Crippen molar-refractivity contribution in [3.8, 4) is 5.75 Å². The highest BCUT2D eigenvalue weighted by Crippen LogP contribution is 2.34. The fourth-order valence-electron chi connectivity index (χ4n) is 4.02. The van der Waals surface area contributed by atoms with Crippen molar-refractivity contribution in [1.29, 1.82) is 0 Å². The third-order valence-electron chi connectivity index (χ3n) is 5.52. The van der Waals surface area contributed by atoms with Gasteiger partial charge in [-0.1, -0.05) is 31.0 Å². The summed E-state index contributed by atoms with van der Waals surface area (Å²) in [5.41, 5.74) is 10.1. The van der Waals surface area contributed by atoms with Gasteiger partial charge in [0.1, 0.15) is 12.0 Å². The third kappa shape index (κ3) is 5.08. The highest BCUT2D eigenvalue weighted by atomic mass is 16.3. The number of fused-ring (bicyclic) bond motifs is 1. The van der Waals surface area contributed by atoms with Crippen LogP contribution in [0.25, 0.3) is 10.9 Å². The summed E-state index contributed by atoms with van der Waals surface area (Å²) in [5.74, 6) is 0.146. The number of nitrogens with two attached hydrogens (primary N) is 1. The summed E-state index contributed by atoms with van der Waals surface area (Å²) in [7, 11) is 1.87. The zero-order valence-corrected chi connectivity index (χ0v) is 17.6. The predicted octanol–water partition coefficient (Wildman–Crippen LogP) is 3.60. The molecule has 0 aliphatic heterocycles. The molecule has 0 radical (unpaired) electrons. The number of H-pyrrole nitrogens is 1. The van der Waals surface area contributed by atoms with Crippen molar-refractivity contribution in [2.24, 2.45) is 5.73 Å².